The number of hydrogen-bond donors (Lipinski definition) is 1. The highest BCUT2D eigenvalue weighted by atomic mass is 19.1. The van der Waals surface area contributed by atoms with Crippen LogP contribution >= 0.6 is 0 Å². The number of rotatable bonds is 3. The lowest BCUT2D eigenvalue weighted by Crippen LogP contribution is -2.12. The summed E-state index contributed by atoms with van der Waals surface area (Å²) in [5, 5.41) is 2.79. The molecule has 0 aliphatic rings. The monoisotopic (exact) mass is 265 g/mol. The molecule has 19 heavy (non-hydrogen) atoms. The Balaban J connectivity index is 2.31. The van der Waals surface area contributed by atoms with Crippen molar-refractivity contribution in [2.24, 2.45) is 0 Å². The first kappa shape index (κ1) is 13.5. The van der Waals surface area contributed by atoms with E-state index in [1.807, 2.05) is 6.92 Å². The van der Waals surface area contributed by atoms with Gasteiger partial charge in [0, 0.05) is 5.56 Å². The standard InChI is InChI=1S/C15H14F3N/c1-9-6-7-11(16)14(8-9)19-10(2)15-12(17)4-3-5-13(15)18/h3-8,10,19H,1-2H3. The van der Waals surface area contributed by atoms with E-state index in [0.717, 1.165) is 5.56 Å². The topological polar surface area (TPSA) is 12.0 Å². The first-order chi connectivity index (χ1) is 8.99. The molecular weight excluding hydrogens is 251 g/mol. The second-order valence-electron chi connectivity index (χ2n) is 4.48. The highest BCUT2D eigenvalue weighted by Crippen LogP contribution is 2.26. The predicted octanol–water partition coefficient (Wildman–Crippen LogP) is 4.59. The van der Waals surface area contributed by atoms with E-state index >= 15 is 0 Å². The van der Waals surface area contributed by atoms with Crippen molar-refractivity contribution < 1.29 is 13.2 Å². The molecule has 0 bridgehead atoms. The predicted molar refractivity (Wildman–Crippen MR) is 69.5 cm³/mol. The molecule has 2 rings (SSSR count). The van der Waals surface area contributed by atoms with Gasteiger partial charge in [0.05, 0.1) is 11.7 Å². The summed E-state index contributed by atoms with van der Waals surface area (Å²) < 4.78 is 40.8. The highest BCUT2D eigenvalue weighted by molar-refractivity contribution is 5.49. The average molecular weight is 265 g/mol. The van der Waals surface area contributed by atoms with Gasteiger partial charge in [-0.1, -0.05) is 12.1 Å². The molecule has 1 unspecified atom stereocenters. The Morgan fingerprint density at radius 3 is 2.21 bits per heavy atom. The largest absolute Gasteiger partial charge is 0.376 e. The summed E-state index contributed by atoms with van der Waals surface area (Å²) in [5.41, 5.74) is 1.00. The van der Waals surface area contributed by atoms with Crippen molar-refractivity contribution >= 4 is 5.69 Å². The molecule has 0 aliphatic carbocycles. The van der Waals surface area contributed by atoms with Crippen LogP contribution in [0.2, 0.25) is 0 Å². The number of hydrogen-bond acceptors (Lipinski definition) is 1. The molecule has 0 amide bonds. The lowest BCUT2D eigenvalue weighted by molar-refractivity contribution is 0.542. The summed E-state index contributed by atoms with van der Waals surface area (Å²) in [6, 6.07) is 7.56. The highest BCUT2D eigenvalue weighted by Gasteiger charge is 2.16. The van der Waals surface area contributed by atoms with E-state index in [-0.39, 0.29) is 11.3 Å². The van der Waals surface area contributed by atoms with E-state index in [1.165, 1.54) is 24.3 Å². The maximum Gasteiger partial charge on any atom is 0.146 e. The van der Waals surface area contributed by atoms with Crippen LogP contribution in [0.5, 0.6) is 0 Å². The first-order valence-corrected chi connectivity index (χ1v) is 5.95. The second-order valence-corrected chi connectivity index (χ2v) is 4.48. The van der Waals surface area contributed by atoms with Crippen molar-refractivity contribution in [2.45, 2.75) is 19.9 Å². The van der Waals surface area contributed by atoms with E-state index in [4.69, 9.17) is 0 Å². The summed E-state index contributed by atoms with van der Waals surface area (Å²) in [6.07, 6.45) is 0. The van der Waals surface area contributed by atoms with Crippen LogP contribution in [-0.2, 0) is 0 Å². The molecular formula is C15H14F3N. The summed E-state index contributed by atoms with van der Waals surface area (Å²) in [7, 11) is 0. The normalized spacial score (nSPS) is 12.3. The van der Waals surface area contributed by atoms with Crippen LogP contribution in [0.1, 0.15) is 24.1 Å². The van der Waals surface area contributed by atoms with Crippen molar-refractivity contribution in [1.29, 1.82) is 0 Å². The lowest BCUT2D eigenvalue weighted by Gasteiger charge is -2.18. The van der Waals surface area contributed by atoms with Crippen molar-refractivity contribution in [3.8, 4) is 0 Å². The minimum absolute atomic E-state index is 0.0941. The third-order valence-corrected chi connectivity index (χ3v) is 2.93. The van der Waals surface area contributed by atoms with Gasteiger partial charge in [0.15, 0.2) is 0 Å². The van der Waals surface area contributed by atoms with Gasteiger partial charge in [-0.25, -0.2) is 13.2 Å². The molecule has 0 spiro atoms. The molecule has 0 aromatic heterocycles. The fraction of sp³-hybridized carbons (Fsp3) is 0.200. The molecule has 1 atom stereocenters. The Morgan fingerprint density at radius 2 is 1.58 bits per heavy atom. The summed E-state index contributed by atoms with van der Waals surface area (Å²) in [4.78, 5) is 0. The molecule has 0 saturated carbocycles. The van der Waals surface area contributed by atoms with Gasteiger partial charge in [-0.3, -0.25) is 0 Å². The Morgan fingerprint density at radius 1 is 0.947 bits per heavy atom. The van der Waals surface area contributed by atoms with Gasteiger partial charge < -0.3 is 5.32 Å². The molecule has 0 heterocycles. The lowest BCUT2D eigenvalue weighted by atomic mass is 10.1. The van der Waals surface area contributed by atoms with Gasteiger partial charge in [-0.2, -0.15) is 0 Å². The molecule has 1 nitrogen and oxygen atoms in total. The summed E-state index contributed by atoms with van der Waals surface area (Å²) in [6.45, 7) is 3.40. The molecule has 100 valence electrons. The van der Waals surface area contributed by atoms with Crippen LogP contribution in [0.25, 0.3) is 0 Å². The van der Waals surface area contributed by atoms with E-state index in [2.05, 4.69) is 5.32 Å². The van der Waals surface area contributed by atoms with E-state index in [9.17, 15) is 13.2 Å². The fourth-order valence-corrected chi connectivity index (χ4v) is 1.98. The van der Waals surface area contributed by atoms with Crippen LogP contribution in [-0.4, -0.2) is 0 Å². The molecule has 0 fully saturated rings. The zero-order chi connectivity index (χ0) is 14.0. The van der Waals surface area contributed by atoms with Crippen molar-refractivity contribution in [2.75, 3.05) is 5.32 Å². The second kappa shape index (κ2) is 5.34. The Bertz CT molecular complexity index is 576. The molecule has 0 radical (unpaired) electrons. The van der Waals surface area contributed by atoms with Crippen LogP contribution in [0.3, 0.4) is 0 Å². The maximum atomic E-state index is 13.6. The van der Waals surface area contributed by atoms with Crippen molar-refractivity contribution in [1.82, 2.24) is 0 Å². The van der Waals surface area contributed by atoms with Gasteiger partial charge in [0.2, 0.25) is 0 Å². The van der Waals surface area contributed by atoms with E-state index in [1.54, 1.807) is 19.1 Å². The van der Waals surface area contributed by atoms with Crippen LogP contribution < -0.4 is 5.32 Å². The number of nitrogens with one attached hydrogen (secondary N) is 1. The van der Waals surface area contributed by atoms with Gasteiger partial charge in [0.25, 0.3) is 0 Å². The third kappa shape index (κ3) is 2.89. The zero-order valence-electron chi connectivity index (χ0n) is 10.7. The van der Waals surface area contributed by atoms with Crippen LogP contribution in [0.15, 0.2) is 36.4 Å². The smallest absolute Gasteiger partial charge is 0.146 e. The Labute approximate surface area is 110 Å². The Hall–Kier alpha value is -1.97. The van der Waals surface area contributed by atoms with Gasteiger partial charge in [-0.15, -0.1) is 0 Å². The average Bonchev–Trinajstić information content (AvgIpc) is 2.33. The molecule has 4 heteroatoms. The van der Waals surface area contributed by atoms with Gasteiger partial charge in [0.1, 0.15) is 17.5 Å². The number of halogens is 3. The SMILES string of the molecule is Cc1ccc(F)c(NC(C)c2c(F)cccc2F)c1. The van der Waals surface area contributed by atoms with Gasteiger partial charge >= 0.3 is 0 Å². The summed E-state index contributed by atoms with van der Waals surface area (Å²) in [5.74, 6) is -1.74. The van der Waals surface area contributed by atoms with E-state index in [0.29, 0.717) is 0 Å². The Kier molecular flexibility index (Phi) is 3.79. The van der Waals surface area contributed by atoms with Crippen LogP contribution in [0, 0.1) is 24.4 Å². The summed E-state index contributed by atoms with van der Waals surface area (Å²) >= 11 is 0. The third-order valence-electron chi connectivity index (χ3n) is 2.93. The van der Waals surface area contributed by atoms with E-state index < -0.39 is 23.5 Å². The minimum atomic E-state index is -0.669. The zero-order valence-corrected chi connectivity index (χ0v) is 10.7. The fourth-order valence-electron chi connectivity index (χ4n) is 1.98. The molecule has 0 aliphatic heterocycles. The molecule has 2 aromatic rings. The number of anilines is 1. The van der Waals surface area contributed by atoms with Gasteiger partial charge in [-0.05, 0) is 43.7 Å². The molecule has 1 N–H and O–H groups in total. The molecule has 0 saturated heterocycles. The van der Waals surface area contributed by atoms with Crippen LogP contribution in [0.4, 0.5) is 18.9 Å². The first-order valence-electron chi connectivity index (χ1n) is 5.95. The number of benzene rings is 2. The maximum absolute atomic E-state index is 13.6. The number of aryl methyl sites for hydroxylation is 1. The molecule has 2 aromatic carbocycles. The van der Waals surface area contributed by atoms with Crippen molar-refractivity contribution in [3.05, 3.63) is 65.0 Å². The quantitative estimate of drug-likeness (QED) is 0.856. The minimum Gasteiger partial charge on any atom is -0.376 e. The van der Waals surface area contributed by atoms with Crippen molar-refractivity contribution in [3.63, 3.8) is 0 Å².